The van der Waals surface area contributed by atoms with Gasteiger partial charge in [-0.15, -0.1) is 0 Å². The second kappa shape index (κ2) is 14.2. The molecule has 0 rings (SSSR count). The number of amides is 1. The number of carboxylic acids is 1. The van der Waals surface area contributed by atoms with Gasteiger partial charge in [0, 0.05) is 25.1 Å². The number of ketones is 1. The predicted molar refractivity (Wildman–Crippen MR) is 90.3 cm³/mol. The summed E-state index contributed by atoms with van der Waals surface area (Å²) in [5, 5.41) is 10.9. The van der Waals surface area contributed by atoms with E-state index >= 15 is 0 Å². The average Bonchev–Trinajstić information content (AvgIpc) is 2.49. The second-order valence-electron chi connectivity index (χ2n) is 5.34. The van der Waals surface area contributed by atoms with Crippen LogP contribution in [0.25, 0.3) is 0 Å². The summed E-state index contributed by atoms with van der Waals surface area (Å²) < 4.78 is 0. The summed E-state index contributed by atoms with van der Waals surface area (Å²) in [7, 11) is 0. The molecule has 0 aliphatic carbocycles. The maximum Gasteiger partial charge on any atom is 0.303 e. The largest absolute Gasteiger partial charge is 0.481 e. The SMILES string of the molecule is CCCCCCCC(=O)NCCSC(=O)[13CH2][13C](=O)CCC(=O)O. The molecule has 0 atom stereocenters. The van der Waals surface area contributed by atoms with Crippen LogP contribution < -0.4 is 5.32 Å². The van der Waals surface area contributed by atoms with Crippen LogP contribution in [-0.4, -0.2) is 40.2 Å². The van der Waals surface area contributed by atoms with Crippen LogP contribution in [0.2, 0.25) is 0 Å². The van der Waals surface area contributed by atoms with E-state index in [0.29, 0.717) is 18.7 Å². The van der Waals surface area contributed by atoms with Gasteiger partial charge in [0.15, 0.2) is 5.12 Å². The fourth-order valence-corrected chi connectivity index (χ4v) is 2.57. The third-order valence-electron chi connectivity index (χ3n) is 3.15. The number of carbonyl (C=O) groups excluding carboxylic acids is 3. The summed E-state index contributed by atoms with van der Waals surface area (Å²) in [6.45, 7) is 2.54. The summed E-state index contributed by atoms with van der Waals surface area (Å²) in [5.41, 5.74) is 0. The van der Waals surface area contributed by atoms with Crippen molar-refractivity contribution < 1.29 is 24.3 Å². The number of aliphatic carboxylic acids is 1. The molecule has 0 aliphatic rings. The first-order valence-electron chi connectivity index (χ1n) is 8.11. The molecule has 0 aliphatic heterocycles. The van der Waals surface area contributed by atoms with Crippen molar-refractivity contribution in [1.82, 2.24) is 5.32 Å². The van der Waals surface area contributed by atoms with Crippen LogP contribution in [0.1, 0.15) is 64.7 Å². The highest BCUT2D eigenvalue weighted by atomic mass is 32.2. The molecule has 0 aromatic carbocycles. The molecular formula is C16H27NO5S. The smallest absolute Gasteiger partial charge is 0.303 e. The highest BCUT2D eigenvalue weighted by Crippen LogP contribution is 2.08. The van der Waals surface area contributed by atoms with Gasteiger partial charge < -0.3 is 10.4 Å². The average molecular weight is 347 g/mol. The molecule has 0 radical (unpaired) electrons. The number of hydrogen-bond acceptors (Lipinski definition) is 5. The zero-order valence-electron chi connectivity index (χ0n) is 13.8. The monoisotopic (exact) mass is 347 g/mol. The summed E-state index contributed by atoms with van der Waals surface area (Å²) in [4.78, 5) is 44.7. The molecule has 6 nitrogen and oxygen atoms in total. The highest BCUT2D eigenvalue weighted by molar-refractivity contribution is 8.13. The molecule has 0 saturated carbocycles. The van der Waals surface area contributed by atoms with Crippen molar-refractivity contribution in [2.45, 2.75) is 64.7 Å². The first-order chi connectivity index (χ1) is 11.0. The molecular weight excluding hydrogens is 320 g/mol. The van der Waals surface area contributed by atoms with Crippen molar-refractivity contribution in [2.75, 3.05) is 12.3 Å². The van der Waals surface area contributed by atoms with Gasteiger partial charge in [0.05, 0.1) is 12.8 Å². The number of unbranched alkanes of at least 4 members (excludes halogenated alkanes) is 4. The van der Waals surface area contributed by atoms with Gasteiger partial charge in [-0.3, -0.25) is 19.2 Å². The van der Waals surface area contributed by atoms with E-state index in [-0.39, 0.29) is 36.1 Å². The zero-order chi connectivity index (χ0) is 17.5. The molecule has 0 spiro atoms. The van der Waals surface area contributed by atoms with Crippen LogP contribution in [0.5, 0.6) is 0 Å². The molecule has 0 fully saturated rings. The topological polar surface area (TPSA) is 101 Å². The van der Waals surface area contributed by atoms with Gasteiger partial charge in [0.1, 0.15) is 5.78 Å². The fourth-order valence-electron chi connectivity index (χ4n) is 1.88. The third kappa shape index (κ3) is 15.3. The predicted octanol–water partition coefficient (Wildman–Crippen LogP) is 2.55. The first kappa shape index (κ1) is 21.6. The Morgan fingerprint density at radius 1 is 0.957 bits per heavy atom. The maximum absolute atomic E-state index is 11.5. The Labute approximate surface area is 141 Å². The van der Waals surface area contributed by atoms with E-state index in [0.717, 1.165) is 31.0 Å². The summed E-state index contributed by atoms with van der Waals surface area (Å²) in [6, 6.07) is 0. The summed E-state index contributed by atoms with van der Waals surface area (Å²) in [6.07, 6.45) is 5.38. The van der Waals surface area contributed by atoms with Crippen LogP contribution >= 0.6 is 11.8 Å². The molecule has 0 aromatic heterocycles. The minimum atomic E-state index is -1.05. The van der Waals surface area contributed by atoms with E-state index in [9.17, 15) is 19.2 Å². The van der Waals surface area contributed by atoms with Crippen LogP contribution in [-0.2, 0) is 19.2 Å². The van der Waals surface area contributed by atoms with E-state index in [1.54, 1.807) is 0 Å². The van der Waals surface area contributed by atoms with Gasteiger partial charge in [0.2, 0.25) is 5.91 Å². The van der Waals surface area contributed by atoms with Gasteiger partial charge in [0.25, 0.3) is 0 Å². The minimum Gasteiger partial charge on any atom is -0.481 e. The molecule has 132 valence electrons. The Bertz CT molecular complexity index is 398. The number of thioether (sulfide) groups is 1. The van der Waals surface area contributed by atoms with Gasteiger partial charge >= 0.3 is 5.97 Å². The van der Waals surface area contributed by atoms with Gasteiger partial charge in [-0.2, -0.15) is 0 Å². The Hall–Kier alpha value is -1.37. The second-order valence-corrected chi connectivity index (χ2v) is 6.50. The lowest BCUT2D eigenvalue weighted by Crippen LogP contribution is -2.25. The van der Waals surface area contributed by atoms with Gasteiger partial charge in [-0.1, -0.05) is 44.4 Å². The number of nitrogens with one attached hydrogen (secondary N) is 1. The quantitative estimate of drug-likeness (QED) is 0.284. The fraction of sp³-hybridized carbons (Fsp3) is 0.750. The lowest BCUT2D eigenvalue weighted by molar-refractivity contribution is -0.139. The molecule has 7 heteroatoms. The Morgan fingerprint density at radius 3 is 2.30 bits per heavy atom. The zero-order valence-corrected chi connectivity index (χ0v) is 14.6. The van der Waals surface area contributed by atoms with Crippen LogP contribution in [0, 0.1) is 0 Å². The normalized spacial score (nSPS) is 10.3. The highest BCUT2D eigenvalue weighted by Gasteiger charge is 2.11. The van der Waals surface area contributed by atoms with Crippen molar-refractivity contribution in [1.29, 1.82) is 0 Å². The molecule has 0 aromatic rings. The number of rotatable bonds is 14. The van der Waals surface area contributed by atoms with Crippen molar-refractivity contribution in [3.8, 4) is 0 Å². The van der Waals surface area contributed by atoms with Crippen LogP contribution in [0.4, 0.5) is 0 Å². The van der Waals surface area contributed by atoms with Crippen molar-refractivity contribution in [3.63, 3.8) is 0 Å². The number of carboxylic acid groups (broad SMARTS) is 1. The van der Waals surface area contributed by atoms with E-state index in [2.05, 4.69) is 12.2 Å². The van der Waals surface area contributed by atoms with Gasteiger partial charge in [-0.25, -0.2) is 0 Å². The molecule has 2 N–H and O–H groups in total. The van der Waals surface area contributed by atoms with E-state index in [4.69, 9.17) is 5.11 Å². The standard InChI is InChI=1S/C16H27NO5S/c1-2-3-4-5-6-7-14(19)17-10-11-23-16(22)12-13(18)8-9-15(20)21/h2-12H2,1H3,(H,17,19)(H,20,21)/i12+1,13+1. The summed E-state index contributed by atoms with van der Waals surface area (Å²) >= 11 is 0.994. The number of hydrogen-bond donors (Lipinski definition) is 2. The number of Topliss-reactive ketones (excluding diaryl/α,β-unsaturated/α-hetero) is 1. The van der Waals surface area contributed by atoms with E-state index in [1.165, 1.54) is 12.8 Å². The molecule has 23 heavy (non-hydrogen) atoms. The number of carbonyl (C=O) groups is 4. The third-order valence-corrected chi connectivity index (χ3v) is 4.03. The molecule has 0 unspecified atom stereocenters. The summed E-state index contributed by atoms with van der Waals surface area (Å²) in [5.74, 6) is -0.990. The molecule has 1 amide bonds. The molecule has 0 heterocycles. The van der Waals surface area contributed by atoms with Gasteiger partial charge in [-0.05, 0) is 6.42 Å². The van der Waals surface area contributed by atoms with Crippen LogP contribution in [0.15, 0.2) is 0 Å². The van der Waals surface area contributed by atoms with Crippen molar-refractivity contribution >= 4 is 34.5 Å². The lowest BCUT2D eigenvalue weighted by Gasteiger charge is -2.05. The van der Waals surface area contributed by atoms with Crippen LogP contribution in [0.3, 0.4) is 0 Å². The minimum absolute atomic E-state index is 0.00733. The van der Waals surface area contributed by atoms with Crippen molar-refractivity contribution in [2.24, 2.45) is 0 Å². The lowest BCUT2D eigenvalue weighted by atomic mass is 10.1. The molecule has 0 bridgehead atoms. The Morgan fingerprint density at radius 2 is 1.65 bits per heavy atom. The van der Waals surface area contributed by atoms with E-state index in [1.807, 2.05) is 0 Å². The Balaban J connectivity index is 3.55. The first-order valence-corrected chi connectivity index (χ1v) is 9.10. The van der Waals surface area contributed by atoms with E-state index < -0.39 is 5.97 Å². The maximum atomic E-state index is 11.5. The molecule has 0 saturated heterocycles. The van der Waals surface area contributed by atoms with Crippen molar-refractivity contribution in [3.05, 3.63) is 0 Å². The Kier molecular flexibility index (Phi) is 13.4.